The molecule has 0 bridgehead atoms. The largest absolute Gasteiger partial charge is 0.508 e. The van der Waals surface area contributed by atoms with Gasteiger partial charge in [0, 0.05) is 11.6 Å². The summed E-state index contributed by atoms with van der Waals surface area (Å²) >= 11 is 0. The van der Waals surface area contributed by atoms with Crippen molar-refractivity contribution in [2.45, 2.75) is 19.0 Å². The number of carbonyl (C=O) groups is 1. The monoisotopic (exact) mass is 271 g/mol. The number of hydrogen-bond acceptors (Lipinski definition) is 3. The van der Waals surface area contributed by atoms with E-state index in [9.17, 15) is 15.0 Å². The Morgan fingerprint density at radius 1 is 1.05 bits per heavy atom. The van der Waals surface area contributed by atoms with Crippen LogP contribution in [0.5, 0.6) is 5.75 Å². The van der Waals surface area contributed by atoms with Crippen LogP contribution in [0.25, 0.3) is 0 Å². The highest BCUT2D eigenvalue weighted by Gasteiger charge is 2.22. The minimum atomic E-state index is -0.946. The number of benzene rings is 2. The lowest BCUT2D eigenvalue weighted by Gasteiger charge is -2.21. The molecule has 0 saturated carbocycles. The van der Waals surface area contributed by atoms with E-state index >= 15 is 0 Å². The second kappa shape index (κ2) is 6.21. The van der Waals surface area contributed by atoms with Crippen LogP contribution in [-0.4, -0.2) is 16.2 Å². The van der Waals surface area contributed by atoms with E-state index in [1.165, 1.54) is 0 Å². The number of nitrogens with one attached hydrogen (secondary N) is 1. The standard InChI is InChI=1S/C16H17NO3/c1-11(13-9-5-6-10-14(13)18)17-15(16(19)20)12-7-3-2-4-8-12/h2-11,15,17-18H,1H3,(H,19,20). The van der Waals surface area contributed by atoms with E-state index in [0.717, 1.165) is 0 Å². The van der Waals surface area contributed by atoms with E-state index in [-0.39, 0.29) is 11.8 Å². The average Bonchev–Trinajstić information content (AvgIpc) is 2.45. The molecule has 4 heteroatoms. The molecule has 2 unspecified atom stereocenters. The van der Waals surface area contributed by atoms with Crippen LogP contribution in [-0.2, 0) is 4.79 Å². The molecule has 2 aromatic rings. The summed E-state index contributed by atoms with van der Waals surface area (Å²) in [6.07, 6.45) is 0. The molecule has 0 saturated heterocycles. The number of rotatable bonds is 5. The molecule has 2 atom stereocenters. The highest BCUT2D eigenvalue weighted by molar-refractivity contribution is 5.75. The first-order valence-electron chi connectivity index (χ1n) is 6.41. The van der Waals surface area contributed by atoms with Gasteiger partial charge >= 0.3 is 5.97 Å². The van der Waals surface area contributed by atoms with Crippen LogP contribution in [0, 0.1) is 0 Å². The maximum absolute atomic E-state index is 11.4. The Bertz CT molecular complexity index is 583. The van der Waals surface area contributed by atoms with Gasteiger partial charge in [0.25, 0.3) is 0 Å². The van der Waals surface area contributed by atoms with Crippen molar-refractivity contribution in [3.05, 3.63) is 65.7 Å². The third kappa shape index (κ3) is 3.16. The normalized spacial score (nSPS) is 13.7. The van der Waals surface area contributed by atoms with Crippen molar-refractivity contribution in [1.29, 1.82) is 0 Å². The Labute approximate surface area is 117 Å². The van der Waals surface area contributed by atoms with Crippen LogP contribution < -0.4 is 5.32 Å². The zero-order valence-electron chi connectivity index (χ0n) is 11.2. The van der Waals surface area contributed by atoms with E-state index in [1.807, 2.05) is 19.1 Å². The number of phenols is 1. The first-order valence-corrected chi connectivity index (χ1v) is 6.41. The Morgan fingerprint density at radius 3 is 2.25 bits per heavy atom. The van der Waals surface area contributed by atoms with Crippen molar-refractivity contribution in [2.75, 3.05) is 0 Å². The minimum Gasteiger partial charge on any atom is -0.508 e. The van der Waals surface area contributed by atoms with Crippen molar-refractivity contribution in [3.63, 3.8) is 0 Å². The fourth-order valence-corrected chi connectivity index (χ4v) is 2.15. The zero-order valence-corrected chi connectivity index (χ0v) is 11.2. The number of aromatic hydroxyl groups is 1. The molecule has 0 fully saturated rings. The molecule has 0 spiro atoms. The summed E-state index contributed by atoms with van der Waals surface area (Å²) in [6.45, 7) is 1.83. The first-order chi connectivity index (χ1) is 9.59. The molecule has 20 heavy (non-hydrogen) atoms. The smallest absolute Gasteiger partial charge is 0.325 e. The second-order valence-electron chi connectivity index (χ2n) is 4.63. The van der Waals surface area contributed by atoms with Gasteiger partial charge in [-0.05, 0) is 18.6 Å². The number of phenolic OH excluding ortho intramolecular Hbond substituents is 1. The summed E-state index contributed by atoms with van der Waals surface area (Å²) in [6, 6.07) is 14.8. The summed E-state index contributed by atoms with van der Waals surface area (Å²) in [4.78, 5) is 11.4. The summed E-state index contributed by atoms with van der Waals surface area (Å²) < 4.78 is 0. The molecule has 0 aromatic heterocycles. The van der Waals surface area contributed by atoms with Gasteiger partial charge < -0.3 is 10.2 Å². The molecule has 3 N–H and O–H groups in total. The number of aliphatic carboxylic acids is 1. The summed E-state index contributed by atoms with van der Waals surface area (Å²) in [5, 5.41) is 22.2. The van der Waals surface area contributed by atoms with E-state index < -0.39 is 12.0 Å². The van der Waals surface area contributed by atoms with Crippen molar-refractivity contribution < 1.29 is 15.0 Å². The topological polar surface area (TPSA) is 69.6 Å². The molecule has 0 aliphatic rings. The van der Waals surface area contributed by atoms with Gasteiger partial charge in [-0.15, -0.1) is 0 Å². The number of carboxylic acid groups (broad SMARTS) is 1. The van der Waals surface area contributed by atoms with Crippen LogP contribution in [0.1, 0.15) is 30.1 Å². The summed E-state index contributed by atoms with van der Waals surface area (Å²) in [5.41, 5.74) is 1.36. The molecule has 0 heterocycles. The second-order valence-corrected chi connectivity index (χ2v) is 4.63. The van der Waals surface area contributed by atoms with Gasteiger partial charge in [0.2, 0.25) is 0 Å². The summed E-state index contributed by atoms with van der Waals surface area (Å²) in [5.74, 6) is -0.789. The van der Waals surface area contributed by atoms with Crippen LogP contribution in [0.2, 0.25) is 0 Å². The molecule has 0 amide bonds. The quantitative estimate of drug-likeness (QED) is 0.782. The molecule has 2 rings (SSSR count). The van der Waals surface area contributed by atoms with Gasteiger partial charge in [-0.25, -0.2) is 0 Å². The molecular weight excluding hydrogens is 254 g/mol. The minimum absolute atomic E-state index is 0.157. The third-order valence-corrected chi connectivity index (χ3v) is 3.20. The van der Waals surface area contributed by atoms with Gasteiger partial charge in [0.1, 0.15) is 11.8 Å². The van der Waals surface area contributed by atoms with Crippen LogP contribution >= 0.6 is 0 Å². The number of para-hydroxylation sites is 1. The van der Waals surface area contributed by atoms with Crippen molar-refractivity contribution in [3.8, 4) is 5.75 Å². The predicted octanol–water partition coefficient (Wildman–Crippen LogP) is 2.87. The lowest BCUT2D eigenvalue weighted by molar-refractivity contribution is -0.139. The highest BCUT2D eigenvalue weighted by Crippen LogP contribution is 2.26. The predicted molar refractivity (Wildman–Crippen MR) is 76.5 cm³/mol. The maximum atomic E-state index is 11.4. The molecular formula is C16H17NO3. The van der Waals surface area contributed by atoms with Crippen molar-refractivity contribution in [1.82, 2.24) is 5.32 Å². The van der Waals surface area contributed by atoms with E-state index in [1.54, 1.807) is 42.5 Å². The van der Waals surface area contributed by atoms with Gasteiger partial charge in [-0.2, -0.15) is 0 Å². The Hall–Kier alpha value is -2.33. The van der Waals surface area contributed by atoms with Crippen LogP contribution in [0.15, 0.2) is 54.6 Å². The van der Waals surface area contributed by atoms with Crippen LogP contribution in [0.4, 0.5) is 0 Å². The highest BCUT2D eigenvalue weighted by atomic mass is 16.4. The van der Waals surface area contributed by atoms with Crippen molar-refractivity contribution >= 4 is 5.97 Å². The zero-order chi connectivity index (χ0) is 14.5. The molecule has 2 aromatic carbocycles. The Balaban J connectivity index is 2.21. The van der Waals surface area contributed by atoms with Gasteiger partial charge in [0.05, 0.1) is 0 Å². The fourth-order valence-electron chi connectivity index (χ4n) is 2.15. The van der Waals surface area contributed by atoms with E-state index in [4.69, 9.17) is 0 Å². The lowest BCUT2D eigenvalue weighted by atomic mass is 10.0. The van der Waals surface area contributed by atoms with Gasteiger partial charge in [0.15, 0.2) is 0 Å². The van der Waals surface area contributed by atoms with E-state index in [2.05, 4.69) is 5.32 Å². The molecule has 104 valence electrons. The fraction of sp³-hybridized carbons (Fsp3) is 0.188. The van der Waals surface area contributed by atoms with E-state index in [0.29, 0.717) is 11.1 Å². The Kier molecular flexibility index (Phi) is 4.38. The molecule has 0 aliphatic carbocycles. The van der Waals surface area contributed by atoms with Crippen molar-refractivity contribution in [2.24, 2.45) is 0 Å². The summed E-state index contributed by atoms with van der Waals surface area (Å²) in [7, 11) is 0. The van der Waals surface area contributed by atoms with Gasteiger partial charge in [-0.3, -0.25) is 10.1 Å². The van der Waals surface area contributed by atoms with Gasteiger partial charge in [-0.1, -0.05) is 48.5 Å². The average molecular weight is 271 g/mol. The Morgan fingerprint density at radius 2 is 1.65 bits per heavy atom. The third-order valence-electron chi connectivity index (χ3n) is 3.20. The molecule has 4 nitrogen and oxygen atoms in total. The van der Waals surface area contributed by atoms with Crippen LogP contribution in [0.3, 0.4) is 0 Å². The SMILES string of the molecule is CC(NC(C(=O)O)c1ccccc1)c1ccccc1O. The molecule has 0 radical (unpaired) electrons. The first kappa shape index (κ1) is 14.1. The lowest BCUT2D eigenvalue weighted by Crippen LogP contribution is -2.30. The number of carboxylic acids is 1. The number of hydrogen-bond donors (Lipinski definition) is 3. The molecule has 0 aliphatic heterocycles. The maximum Gasteiger partial charge on any atom is 0.325 e.